The highest BCUT2D eigenvalue weighted by atomic mass is 28.4. The van der Waals surface area contributed by atoms with Crippen LogP contribution in [0.25, 0.3) is 0 Å². The summed E-state index contributed by atoms with van der Waals surface area (Å²) >= 11 is 0. The highest BCUT2D eigenvalue weighted by Crippen LogP contribution is 2.42. The molecule has 0 aliphatic heterocycles. The van der Waals surface area contributed by atoms with Gasteiger partial charge in [-0.05, 0) is 96.9 Å². The van der Waals surface area contributed by atoms with Gasteiger partial charge in [-0.2, -0.15) is 0 Å². The minimum absolute atomic E-state index is 0.133. The van der Waals surface area contributed by atoms with Crippen LogP contribution in [0.15, 0.2) is 54.6 Å². The summed E-state index contributed by atoms with van der Waals surface area (Å²) in [7, 11) is 2.71. The molecule has 0 bridgehead atoms. The maximum absolute atomic E-state index is 10.9. The largest absolute Gasteiger partial charge is 0.497 e. The first kappa shape index (κ1) is 31.4. The Kier molecular flexibility index (Phi) is 10.9. The van der Waals surface area contributed by atoms with E-state index in [0.29, 0.717) is 18.8 Å². The van der Waals surface area contributed by atoms with Crippen molar-refractivity contribution in [2.45, 2.75) is 71.0 Å². The highest BCUT2D eigenvalue weighted by Gasteiger charge is 2.37. The van der Waals surface area contributed by atoms with Crippen molar-refractivity contribution in [3.63, 3.8) is 0 Å². The van der Waals surface area contributed by atoms with Crippen molar-refractivity contribution in [3.05, 3.63) is 71.3 Å². The summed E-state index contributed by atoms with van der Waals surface area (Å²) in [5.74, 6) is 3.08. The quantitative estimate of drug-likeness (QED) is 0.143. The van der Waals surface area contributed by atoms with Crippen LogP contribution in [0.2, 0.25) is 18.1 Å². The molecule has 0 aliphatic carbocycles. The summed E-state index contributed by atoms with van der Waals surface area (Å²) in [5.41, 5.74) is 5.32. The zero-order valence-corrected chi connectivity index (χ0v) is 26.5. The van der Waals surface area contributed by atoms with Gasteiger partial charge in [-0.15, -0.1) is 0 Å². The van der Waals surface area contributed by atoms with Gasteiger partial charge in [-0.3, -0.25) is 0 Å². The Morgan fingerprint density at radius 2 is 1.55 bits per heavy atom. The fraction of sp³-hybridized carbons (Fsp3) is 0.455. The summed E-state index contributed by atoms with van der Waals surface area (Å²) in [5, 5.41) is 3.58. The minimum Gasteiger partial charge on any atom is -0.497 e. The first-order valence-electron chi connectivity index (χ1n) is 14.1. The molecule has 0 saturated heterocycles. The van der Waals surface area contributed by atoms with E-state index in [4.69, 9.17) is 18.9 Å². The molecule has 0 radical (unpaired) electrons. The summed E-state index contributed by atoms with van der Waals surface area (Å²) in [6.45, 7) is 11.2. The topological polar surface area (TPSA) is 69.2 Å². The van der Waals surface area contributed by atoms with E-state index in [1.165, 1.54) is 0 Å². The van der Waals surface area contributed by atoms with Crippen LogP contribution in [0.1, 0.15) is 56.7 Å². The van der Waals surface area contributed by atoms with Gasteiger partial charge in [0.25, 0.3) is 0 Å². The number of ether oxygens (including phenoxy) is 4. The maximum Gasteiger partial charge on any atom is 0.188 e. The summed E-state index contributed by atoms with van der Waals surface area (Å²) in [6.07, 6.45) is 4.41. The number of hydrogen-bond donors (Lipinski definition) is 2. The molecule has 3 aromatic rings. The number of rotatable bonds is 15. The van der Waals surface area contributed by atoms with Crippen molar-refractivity contribution < 1.29 is 23.7 Å². The van der Waals surface area contributed by atoms with E-state index in [-0.39, 0.29) is 5.04 Å². The molecule has 0 aliphatic rings. The van der Waals surface area contributed by atoms with Crippen LogP contribution >= 0.6 is 0 Å². The highest BCUT2D eigenvalue weighted by molar-refractivity contribution is 6.72. The molecule has 0 amide bonds. The molecular weight excluding hydrogens is 518 g/mol. The molecule has 218 valence electrons. The summed E-state index contributed by atoms with van der Waals surface area (Å²) < 4.78 is 22.9. The van der Waals surface area contributed by atoms with Crippen LogP contribution < -0.4 is 24.3 Å². The molecule has 3 rings (SSSR count). The van der Waals surface area contributed by atoms with E-state index in [9.17, 15) is 4.80 Å². The molecule has 3 aromatic carbocycles. The molecule has 0 spiro atoms. The monoisotopic (exact) mass is 565 g/mol. The Bertz CT molecular complexity index is 1250. The third-order valence-corrected chi connectivity index (χ3v) is 11.5. The lowest BCUT2D eigenvalue weighted by molar-refractivity contribution is 0.288. The minimum atomic E-state index is -2.34. The van der Waals surface area contributed by atoms with Gasteiger partial charge in [0.15, 0.2) is 19.8 Å². The standard InChI is InChI=1S/C33H47NO5Si/c1-9-10-18-39-32-22-26(19-24-12-11-13-27(20-24)36-4)30(23-31(32)38-6)34-29-15-14-28(37-5)21-25(29)16-17-33(2,3)40(7,8)35/h11-15,20-23,34-35H,9-10,16-19H2,1-8H3. The van der Waals surface area contributed by atoms with E-state index in [2.05, 4.69) is 56.4 Å². The third kappa shape index (κ3) is 8.18. The smallest absolute Gasteiger partial charge is 0.188 e. The van der Waals surface area contributed by atoms with Crippen LogP contribution in [-0.4, -0.2) is 41.0 Å². The van der Waals surface area contributed by atoms with Crippen molar-refractivity contribution in [2.24, 2.45) is 0 Å². The molecule has 40 heavy (non-hydrogen) atoms. The van der Waals surface area contributed by atoms with Gasteiger partial charge >= 0.3 is 0 Å². The Morgan fingerprint density at radius 3 is 2.20 bits per heavy atom. The number of unbranched alkanes of at least 4 members (excludes halogenated alkanes) is 1. The number of benzene rings is 3. The van der Waals surface area contributed by atoms with Gasteiger partial charge in [0.2, 0.25) is 0 Å². The molecule has 6 nitrogen and oxygen atoms in total. The second-order valence-electron chi connectivity index (χ2n) is 11.5. The Labute approximate surface area is 241 Å². The van der Waals surface area contributed by atoms with Gasteiger partial charge in [-0.25, -0.2) is 0 Å². The van der Waals surface area contributed by atoms with E-state index < -0.39 is 8.32 Å². The Morgan fingerprint density at radius 1 is 0.825 bits per heavy atom. The molecule has 2 N–H and O–H groups in total. The Balaban J connectivity index is 2.03. The zero-order chi connectivity index (χ0) is 29.3. The van der Waals surface area contributed by atoms with Gasteiger partial charge in [-0.1, -0.05) is 39.3 Å². The summed E-state index contributed by atoms with van der Waals surface area (Å²) in [6, 6.07) is 18.4. The summed E-state index contributed by atoms with van der Waals surface area (Å²) in [4.78, 5) is 10.9. The number of aryl methyl sites for hydroxylation is 1. The van der Waals surface area contributed by atoms with Gasteiger partial charge in [0, 0.05) is 17.4 Å². The predicted molar refractivity (Wildman–Crippen MR) is 168 cm³/mol. The SMILES string of the molecule is CCCCOc1cc(Cc2cccc(OC)c2)c(Nc2ccc(OC)cc2CCC(C)(C)[Si](C)(C)O)cc1OC. The number of methoxy groups -OCH3 is 3. The van der Waals surface area contributed by atoms with Crippen molar-refractivity contribution in [1.29, 1.82) is 0 Å². The van der Waals surface area contributed by atoms with Crippen LogP contribution in [0.5, 0.6) is 23.0 Å². The van der Waals surface area contributed by atoms with Gasteiger partial charge in [0.05, 0.1) is 27.9 Å². The van der Waals surface area contributed by atoms with Crippen LogP contribution in [0, 0.1) is 0 Å². The fourth-order valence-electron chi connectivity index (χ4n) is 4.39. The zero-order valence-electron chi connectivity index (χ0n) is 25.5. The first-order chi connectivity index (χ1) is 19.0. The average Bonchev–Trinajstić information content (AvgIpc) is 2.93. The molecule has 0 fully saturated rings. The van der Waals surface area contributed by atoms with E-state index in [0.717, 1.165) is 71.0 Å². The van der Waals surface area contributed by atoms with Crippen LogP contribution in [-0.2, 0) is 12.8 Å². The number of hydrogen-bond acceptors (Lipinski definition) is 6. The lowest BCUT2D eigenvalue weighted by Crippen LogP contribution is -2.39. The van der Waals surface area contributed by atoms with E-state index >= 15 is 0 Å². The third-order valence-electron chi connectivity index (χ3n) is 7.93. The van der Waals surface area contributed by atoms with Gasteiger partial charge in [0.1, 0.15) is 11.5 Å². The molecule has 0 heterocycles. The lowest BCUT2D eigenvalue weighted by Gasteiger charge is -2.35. The van der Waals surface area contributed by atoms with E-state index in [1.54, 1.807) is 21.3 Å². The fourth-order valence-corrected chi connectivity index (χ4v) is 5.13. The molecule has 0 saturated carbocycles. The van der Waals surface area contributed by atoms with Gasteiger partial charge < -0.3 is 29.1 Å². The van der Waals surface area contributed by atoms with Crippen molar-refractivity contribution in [2.75, 3.05) is 33.3 Å². The Hall–Kier alpha value is -3.16. The maximum atomic E-state index is 10.9. The normalized spacial score (nSPS) is 11.7. The second-order valence-corrected chi connectivity index (χ2v) is 16.0. The van der Waals surface area contributed by atoms with Crippen LogP contribution in [0.3, 0.4) is 0 Å². The lowest BCUT2D eigenvalue weighted by atomic mass is 9.98. The molecule has 7 heteroatoms. The van der Waals surface area contributed by atoms with Crippen molar-refractivity contribution >= 4 is 19.7 Å². The molecule has 0 aromatic heterocycles. The first-order valence-corrected chi connectivity index (χ1v) is 17.1. The van der Waals surface area contributed by atoms with E-state index in [1.807, 2.05) is 37.4 Å². The second kappa shape index (κ2) is 13.9. The molecule has 0 unspecified atom stereocenters. The van der Waals surface area contributed by atoms with Crippen molar-refractivity contribution in [1.82, 2.24) is 0 Å². The molecule has 0 atom stereocenters. The molecular formula is C33H47NO5Si. The predicted octanol–water partition coefficient (Wildman–Crippen LogP) is 8.14. The number of nitrogens with one attached hydrogen (secondary N) is 1. The average molecular weight is 566 g/mol. The number of anilines is 2. The van der Waals surface area contributed by atoms with Crippen molar-refractivity contribution in [3.8, 4) is 23.0 Å². The van der Waals surface area contributed by atoms with Crippen LogP contribution in [0.4, 0.5) is 11.4 Å².